The predicted octanol–water partition coefficient (Wildman–Crippen LogP) is 3.04. The second-order valence-electron chi connectivity index (χ2n) is 13.1. The molecule has 2 bridgehead atoms. The maximum Gasteiger partial charge on any atom is 0.301 e. The molecule has 268 valence electrons. The zero-order valence-electron chi connectivity index (χ0n) is 28.1. The lowest BCUT2D eigenvalue weighted by Crippen LogP contribution is -2.52. The third-order valence-corrected chi connectivity index (χ3v) is 11.1. The number of methoxy groups -OCH3 is 1. The van der Waals surface area contributed by atoms with Crippen molar-refractivity contribution in [2.75, 3.05) is 51.8 Å². The minimum Gasteiger partial charge on any atom is -0.487 e. The molecule has 0 aromatic heterocycles. The summed E-state index contributed by atoms with van der Waals surface area (Å²) in [6, 6.07) is 10.6. The minimum absolute atomic E-state index is 0.0467. The number of rotatable bonds is 6. The van der Waals surface area contributed by atoms with E-state index in [1.54, 1.807) is 26.3 Å². The Hall–Kier alpha value is -3.20. The molecular weight excluding hydrogens is 672 g/mol. The molecule has 0 saturated heterocycles. The smallest absolute Gasteiger partial charge is 0.301 e. The number of carbonyl (C=O) groups is 2. The van der Waals surface area contributed by atoms with Crippen LogP contribution >= 0.6 is 11.6 Å². The van der Waals surface area contributed by atoms with Gasteiger partial charge in [0.1, 0.15) is 12.4 Å². The summed E-state index contributed by atoms with van der Waals surface area (Å²) in [5.41, 5.74) is 0.225. The van der Waals surface area contributed by atoms with E-state index >= 15 is 0 Å². The molecule has 2 aromatic rings. The van der Waals surface area contributed by atoms with Gasteiger partial charge in [0.15, 0.2) is 5.60 Å². The number of aliphatic hydroxyl groups is 2. The van der Waals surface area contributed by atoms with Gasteiger partial charge in [-0.15, -0.1) is 0 Å². The molecular formula is C35H47ClN4O8S. The fraction of sp³-hybridized carbons (Fsp3) is 0.543. The number of hydrogen-bond acceptors (Lipinski definition) is 9. The van der Waals surface area contributed by atoms with Gasteiger partial charge in [0.25, 0.3) is 5.91 Å². The summed E-state index contributed by atoms with van der Waals surface area (Å²) in [5, 5.41) is 21.9. The highest BCUT2D eigenvalue weighted by Crippen LogP contribution is 2.42. The first-order valence-electron chi connectivity index (χ1n) is 16.8. The molecule has 2 aliphatic heterocycles. The van der Waals surface area contributed by atoms with Gasteiger partial charge in [-0.05, 0) is 91.3 Å². The number of benzene rings is 2. The summed E-state index contributed by atoms with van der Waals surface area (Å²) in [5.74, 6) is -0.742. The summed E-state index contributed by atoms with van der Waals surface area (Å²) >= 11 is 6.34. The number of carbonyl (C=O) groups excluding carboxylic acids is 2. The van der Waals surface area contributed by atoms with E-state index in [2.05, 4.69) is 15.7 Å². The number of aryl methyl sites for hydroxylation is 1. The molecule has 5 rings (SSSR count). The summed E-state index contributed by atoms with van der Waals surface area (Å²) < 4.78 is 41.6. The van der Waals surface area contributed by atoms with Gasteiger partial charge in [-0.1, -0.05) is 35.9 Å². The van der Waals surface area contributed by atoms with Gasteiger partial charge in [-0.2, -0.15) is 13.1 Å². The monoisotopic (exact) mass is 718 g/mol. The Morgan fingerprint density at radius 2 is 1.96 bits per heavy atom. The number of nitrogens with one attached hydrogen (secondary N) is 2. The summed E-state index contributed by atoms with van der Waals surface area (Å²) in [6.07, 6.45) is 8.36. The molecule has 12 nitrogen and oxygen atoms in total. The molecule has 2 aromatic carbocycles. The fourth-order valence-electron chi connectivity index (χ4n) is 6.84. The lowest BCUT2D eigenvalue weighted by Gasteiger charge is -2.43. The van der Waals surface area contributed by atoms with E-state index in [9.17, 15) is 23.1 Å². The lowest BCUT2D eigenvalue weighted by atomic mass is 9.70. The van der Waals surface area contributed by atoms with Gasteiger partial charge in [0.05, 0.1) is 24.8 Å². The summed E-state index contributed by atoms with van der Waals surface area (Å²) in [6.45, 7) is 1.05. The summed E-state index contributed by atoms with van der Waals surface area (Å²) in [7, 11) is -1.17. The Labute approximate surface area is 293 Å². The molecule has 1 saturated carbocycles. The number of halogens is 1. The molecule has 2 heterocycles. The van der Waals surface area contributed by atoms with E-state index in [0.717, 1.165) is 43.2 Å². The Kier molecular flexibility index (Phi) is 12.3. The van der Waals surface area contributed by atoms with Crippen molar-refractivity contribution in [3.63, 3.8) is 0 Å². The van der Waals surface area contributed by atoms with Crippen molar-refractivity contribution in [1.29, 1.82) is 0 Å². The quantitative estimate of drug-likeness (QED) is 0.330. The SMILES string of the molecule is CO[C@H]1/C=C/CCN(C)C(=O)C[C@](O)(C(=O)NS(=O)(=O)NCCO)c2ccc3c(c2)N(CCCCc2cc(Cl)ccc2CO3)C[C@@H]2CC[C@H]21. The van der Waals surface area contributed by atoms with Crippen LogP contribution in [-0.4, -0.2) is 88.4 Å². The number of amides is 2. The van der Waals surface area contributed by atoms with Gasteiger partial charge in [0.2, 0.25) is 5.91 Å². The van der Waals surface area contributed by atoms with Gasteiger partial charge in [-0.3, -0.25) is 9.59 Å². The topological polar surface area (TPSA) is 158 Å². The molecule has 1 aliphatic carbocycles. The molecule has 3 aliphatic rings. The Bertz CT molecular complexity index is 1640. The number of anilines is 1. The van der Waals surface area contributed by atoms with Crippen LogP contribution in [0.4, 0.5) is 5.69 Å². The van der Waals surface area contributed by atoms with Crippen molar-refractivity contribution in [2.45, 2.75) is 63.3 Å². The van der Waals surface area contributed by atoms with Crippen LogP contribution in [0.2, 0.25) is 5.02 Å². The second-order valence-corrected chi connectivity index (χ2v) is 15.0. The van der Waals surface area contributed by atoms with Gasteiger partial charge in [-0.25, -0.2) is 4.72 Å². The zero-order valence-corrected chi connectivity index (χ0v) is 29.6. The molecule has 0 unspecified atom stereocenters. The predicted molar refractivity (Wildman–Crippen MR) is 186 cm³/mol. The first-order valence-corrected chi connectivity index (χ1v) is 18.7. The first kappa shape index (κ1) is 37.1. The molecule has 1 fully saturated rings. The van der Waals surface area contributed by atoms with Crippen molar-refractivity contribution in [1.82, 2.24) is 14.3 Å². The summed E-state index contributed by atoms with van der Waals surface area (Å²) in [4.78, 5) is 30.9. The van der Waals surface area contributed by atoms with Crippen molar-refractivity contribution < 1.29 is 37.7 Å². The Morgan fingerprint density at radius 1 is 1.14 bits per heavy atom. The normalized spacial score (nSPS) is 25.9. The minimum atomic E-state index is -4.47. The molecule has 0 radical (unpaired) electrons. The van der Waals surface area contributed by atoms with E-state index in [1.807, 2.05) is 29.0 Å². The number of nitrogens with zero attached hydrogens (tertiary/aromatic N) is 2. The highest BCUT2D eigenvalue weighted by molar-refractivity contribution is 7.88. The highest BCUT2D eigenvalue weighted by atomic mass is 35.5. The first-order chi connectivity index (χ1) is 23.4. The average Bonchev–Trinajstić information content (AvgIpc) is 3.09. The van der Waals surface area contributed by atoms with E-state index < -0.39 is 40.7 Å². The van der Waals surface area contributed by atoms with Gasteiger partial charge < -0.3 is 29.5 Å². The number of fused-ring (bicyclic) bond motifs is 3. The van der Waals surface area contributed by atoms with Crippen LogP contribution < -0.4 is 19.1 Å². The maximum atomic E-state index is 13.8. The van der Waals surface area contributed by atoms with Crippen molar-refractivity contribution >= 4 is 39.3 Å². The van der Waals surface area contributed by atoms with Crippen LogP contribution in [0.5, 0.6) is 5.75 Å². The highest BCUT2D eigenvalue weighted by Gasteiger charge is 2.44. The molecule has 14 heteroatoms. The fourth-order valence-corrected chi connectivity index (χ4v) is 7.88. The van der Waals surface area contributed by atoms with Crippen molar-refractivity contribution in [2.24, 2.45) is 11.8 Å². The number of hydrogen-bond donors (Lipinski definition) is 4. The molecule has 0 spiro atoms. The zero-order chi connectivity index (χ0) is 35.2. The van der Waals surface area contributed by atoms with E-state index in [-0.39, 0.29) is 30.7 Å². The Morgan fingerprint density at radius 3 is 2.69 bits per heavy atom. The lowest BCUT2D eigenvalue weighted by molar-refractivity contribution is -0.148. The molecule has 49 heavy (non-hydrogen) atoms. The van der Waals surface area contributed by atoms with Gasteiger partial charge in [0, 0.05) is 45.4 Å². The second kappa shape index (κ2) is 16.2. The Balaban J connectivity index is 1.61. The van der Waals surface area contributed by atoms with E-state index in [4.69, 9.17) is 26.2 Å². The largest absolute Gasteiger partial charge is 0.487 e. The van der Waals surface area contributed by atoms with Crippen LogP contribution in [0.15, 0.2) is 48.6 Å². The number of aliphatic hydroxyl groups excluding tert-OH is 1. The molecule has 4 atom stereocenters. The third-order valence-electron chi connectivity index (χ3n) is 9.87. The third kappa shape index (κ3) is 8.94. The van der Waals surface area contributed by atoms with Crippen LogP contribution in [-0.2, 0) is 43.2 Å². The molecule has 4 N–H and O–H groups in total. The van der Waals surface area contributed by atoms with Gasteiger partial charge >= 0.3 is 10.2 Å². The van der Waals surface area contributed by atoms with Crippen LogP contribution in [0.3, 0.4) is 0 Å². The van der Waals surface area contributed by atoms with Crippen molar-refractivity contribution in [3.05, 3.63) is 70.3 Å². The van der Waals surface area contributed by atoms with E-state index in [0.29, 0.717) is 48.4 Å². The van der Waals surface area contributed by atoms with E-state index in [1.165, 1.54) is 11.0 Å². The number of ether oxygens (including phenoxy) is 2. The standard InChI is InChI=1S/C35H47ClN4O8S/c1-39-16-5-4-8-31(47-2)29-13-10-25(29)22-40-17-6-3-7-24-19-28(36)12-9-26(24)23-48-32-14-11-27(20-30(32)40)35(44,21-33(39)42)34(43)38-49(45,46)37-15-18-41/h4,8-9,11-12,14,19-20,25,29,31,37,41,44H,3,5-7,10,13,15-18,21-23H2,1-2H3,(H,38,43)/b8-4+/t25-,29+,31-,35+/m0/s1. The van der Waals surface area contributed by atoms with Crippen LogP contribution in [0.1, 0.15) is 55.2 Å². The maximum absolute atomic E-state index is 13.8. The van der Waals surface area contributed by atoms with Crippen molar-refractivity contribution in [3.8, 4) is 5.75 Å². The van der Waals surface area contributed by atoms with Crippen LogP contribution in [0.25, 0.3) is 0 Å². The average molecular weight is 719 g/mol. The molecule has 2 amide bonds. The van der Waals surface area contributed by atoms with Crippen LogP contribution in [0, 0.1) is 11.8 Å².